The van der Waals surface area contributed by atoms with Gasteiger partial charge in [-0.25, -0.2) is 4.39 Å². The lowest BCUT2D eigenvalue weighted by Crippen LogP contribution is -2.52. The first-order chi connectivity index (χ1) is 11.1. The molecule has 5 nitrogen and oxygen atoms in total. The molecule has 2 fully saturated rings. The summed E-state index contributed by atoms with van der Waals surface area (Å²) < 4.78 is 18.5. The average molecular weight is 341 g/mol. The quantitative estimate of drug-likeness (QED) is 0.826. The van der Waals surface area contributed by atoms with Crippen molar-refractivity contribution in [1.82, 2.24) is 9.80 Å². The van der Waals surface area contributed by atoms with Gasteiger partial charge >= 0.3 is 0 Å². The maximum atomic E-state index is 13.1. The summed E-state index contributed by atoms with van der Waals surface area (Å²) >= 11 is 5.94. The van der Waals surface area contributed by atoms with Crippen LogP contribution in [0.25, 0.3) is 0 Å². The highest BCUT2D eigenvalue weighted by molar-refractivity contribution is 6.33. The number of nitrogens with zero attached hydrogens (tertiary/aromatic N) is 2. The Hall–Kier alpha value is -1.66. The summed E-state index contributed by atoms with van der Waals surface area (Å²) in [6, 6.07) is 3.74. The second-order valence-electron chi connectivity index (χ2n) is 5.74. The molecule has 2 aliphatic heterocycles. The Balaban J connectivity index is 1.60. The SMILES string of the molecule is O=C(c1ccc(F)cc1Cl)N1CCN(C(=O)[C@@H]2CCCO2)CC1. The van der Waals surface area contributed by atoms with Gasteiger partial charge in [0, 0.05) is 32.8 Å². The zero-order valence-corrected chi connectivity index (χ0v) is 13.4. The Morgan fingerprint density at radius 2 is 1.87 bits per heavy atom. The van der Waals surface area contributed by atoms with Crippen molar-refractivity contribution in [3.05, 3.63) is 34.6 Å². The van der Waals surface area contributed by atoms with Gasteiger partial charge in [-0.3, -0.25) is 9.59 Å². The van der Waals surface area contributed by atoms with Gasteiger partial charge in [0.1, 0.15) is 11.9 Å². The lowest BCUT2D eigenvalue weighted by Gasteiger charge is -2.35. The first-order valence-corrected chi connectivity index (χ1v) is 8.09. The molecule has 0 unspecified atom stereocenters. The second kappa shape index (κ2) is 6.84. The van der Waals surface area contributed by atoms with E-state index in [9.17, 15) is 14.0 Å². The van der Waals surface area contributed by atoms with E-state index in [1.54, 1.807) is 9.80 Å². The molecule has 0 N–H and O–H groups in total. The molecule has 1 aromatic carbocycles. The molecule has 0 radical (unpaired) electrons. The summed E-state index contributed by atoms with van der Waals surface area (Å²) in [6.07, 6.45) is 1.35. The Kier molecular flexibility index (Phi) is 4.82. The van der Waals surface area contributed by atoms with Gasteiger partial charge < -0.3 is 14.5 Å². The van der Waals surface area contributed by atoms with E-state index in [2.05, 4.69) is 0 Å². The maximum absolute atomic E-state index is 13.1. The number of piperazine rings is 1. The van der Waals surface area contributed by atoms with Gasteiger partial charge in [0.2, 0.25) is 0 Å². The van der Waals surface area contributed by atoms with E-state index in [1.807, 2.05) is 0 Å². The summed E-state index contributed by atoms with van der Waals surface area (Å²) in [5.74, 6) is -0.702. The molecule has 124 valence electrons. The van der Waals surface area contributed by atoms with Gasteiger partial charge in [-0.15, -0.1) is 0 Å². The second-order valence-corrected chi connectivity index (χ2v) is 6.15. The average Bonchev–Trinajstić information content (AvgIpc) is 3.08. The van der Waals surface area contributed by atoms with Crippen LogP contribution < -0.4 is 0 Å². The van der Waals surface area contributed by atoms with Crippen LogP contribution >= 0.6 is 11.6 Å². The normalized spacial score (nSPS) is 21.6. The van der Waals surface area contributed by atoms with Gasteiger partial charge in [-0.2, -0.15) is 0 Å². The number of halogens is 2. The van der Waals surface area contributed by atoms with Crippen LogP contribution in [0.4, 0.5) is 4.39 Å². The lowest BCUT2D eigenvalue weighted by atomic mass is 10.1. The third-order valence-electron chi connectivity index (χ3n) is 4.25. The van der Waals surface area contributed by atoms with Crippen molar-refractivity contribution in [2.75, 3.05) is 32.8 Å². The summed E-state index contributed by atoms with van der Waals surface area (Å²) in [5.41, 5.74) is 0.284. The molecule has 0 aromatic heterocycles. The van der Waals surface area contributed by atoms with Crippen LogP contribution in [0.15, 0.2) is 18.2 Å². The molecule has 2 aliphatic rings. The topological polar surface area (TPSA) is 49.9 Å². The van der Waals surface area contributed by atoms with E-state index in [0.717, 1.165) is 18.9 Å². The number of hydrogen-bond donors (Lipinski definition) is 0. The lowest BCUT2D eigenvalue weighted by molar-refractivity contribution is -0.142. The Morgan fingerprint density at radius 3 is 2.48 bits per heavy atom. The highest BCUT2D eigenvalue weighted by Crippen LogP contribution is 2.21. The molecule has 0 spiro atoms. The third kappa shape index (κ3) is 3.48. The molecule has 23 heavy (non-hydrogen) atoms. The fourth-order valence-corrected chi connectivity index (χ4v) is 3.19. The first kappa shape index (κ1) is 16.2. The summed E-state index contributed by atoms with van der Waals surface area (Å²) in [5, 5.41) is 0.105. The highest BCUT2D eigenvalue weighted by Gasteiger charge is 2.31. The van der Waals surface area contributed by atoms with Gasteiger partial charge in [-0.1, -0.05) is 11.6 Å². The fourth-order valence-electron chi connectivity index (χ4n) is 2.94. The van der Waals surface area contributed by atoms with Crippen molar-refractivity contribution in [2.45, 2.75) is 18.9 Å². The Bertz CT molecular complexity index is 611. The van der Waals surface area contributed by atoms with Crippen LogP contribution in [-0.4, -0.2) is 60.5 Å². The molecule has 1 aromatic rings. The molecule has 1 atom stereocenters. The minimum absolute atomic E-state index is 0.00872. The van der Waals surface area contributed by atoms with Gasteiger partial charge in [0.25, 0.3) is 11.8 Å². The van der Waals surface area contributed by atoms with Crippen LogP contribution in [-0.2, 0) is 9.53 Å². The largest absolute Gasteiger partial charge is 0.368 e. The number of carbonyl (C=O) groups excluding carboxylic acids is 2. The van der Waals surface area contributed by atoms with E-state index in [1.165, 1.54) is 12.1 Å². The van der Waals surface area contributed by atoms with Crippen LogP contribution in [0.1, 0.15) is 23.2 Å². The van der Waals surface area contributed by atoms with E-state index in [0.29, 0.717) is 32.8 Å². The fraction of sp³-hybridized carbons (Fsp3) is 0.500. The van der Waals surface area contributed by atoms with E-state index >= 15 is 0 Å². The molecule has 0 aliphatic carbocycles. The minimum atomic E-state index is -0.474. The van der Waals surface area contributed by atoms with Crippen molar-refractivity contribution >= 4 is 23.4 Å². The van der Waals surface area contributed by atoms with Crippen molar-refractivity contribution in [3.63, 3.8) is 0 Å². The van der Waals surface area contributed by atoms with Crippen LogP contribution in [0.5, 0.6) is 0 Å². The summed E-state index contributed by atoms with van der Waals surface area (Å²) in [4.78, 5) is 28.1. The molecule has 0 saturated carbocycles. The number of carbonyl (C=O) groups is 2. The van der Waals surface area contributed by atoms with Crippen molar-refractivity contribution < 1.29 is 18.7 Å². The Morgan fingerprint density at radius 1 is 1.17 bits per heavy atom. The summed E-state index contributed by atoms with van der Waals surface area (Å²) in [6.45, 7) is 2.46. The van der Waals surface area contributed by atoms with Crippen molar-refractivity contribution in [2.24, 2.45) is 0 Å². The molecule has 2 saturated heterocycles. The molecule has 0 bridgehead atoms. The predicted octanol–water partition coefficient (Wildman–Crippen LogP) is 1.94. The standard InChI is InChI=1S/C16H18ClFN2O3/c17-13-10-11(18)3-4-12(13)15(21)19-5-7-20(8-6-19)16(22)14-2-1-9-23-14/h3-4,10,14H,1-2,5-9H2/t14-/m0/s1. The number of ether oxygens (including phenoxy) is 1. The first-order valence-electron chi connectivity index (χ1n) is 7.71. The zero-order chi connectivity index (χ0) is 16.4. The van der Waals surface area contributed by atoms with Crippen LogP contribution in [0.3, 0.4) is 0 Å². The molecule has 7 heteroatoms. The van der Waals surface area contributed by atoms with E-state index in [-0.39, 0.29) is 28.5 Å². The molecule has 2 amide bonds. The third-order valence-corrected chi connectivity index (χ3v) is 4.56. The predicted molar refractivity (Wildman–Crippen MR) is 82.9 cm³/mol. The smallest absolute Gasteiger partial charge is 0.255 e. The maximum Gasteiger partial charge on any atom is 0.255 e. The van der Waals surface area contributed by atoms with E-state index < -0.39 is 5.82 Å². The number of hydrogen-bond acceptors (Lipinski definition) is 3. The van der Waals surface area contributed by atoms with Gasteiger partial charge in [0.05, 0.1) is 10.6 Å². The zero-order valence-electron chi connectivity index (χ0n) is 12.6. The van der Waals surface area contributed by atoms with Crippen molar-refractivity contribution in [3.8, 4) is 0 Å². The van der Waals surface area contributed by atoms with E-state index in [4.69, 9.17) is 16.3 Å². The monoisotopic (exact) mass is 340 g/mol. The number of amides is 2. The number of benzene rings is 1. The Labute approximate surface area is 138 Å². The summed E-state index contributed by atoms with van der Waals surface area (Å²) in [7, 11) is 0. The van der Waals surface area contributed by atoms with Crippen molar-refractivity contribution in [1.29, 1.82) is 0 Å². The molecule has 3 rings (SSSR count). The number of rotatable bonds is 2. The molecular weight excluding hydrogens is 323 g/mol. The highest BCUT2D eigenvalue weighted by atomic mass is 35.5. The molecular formula is C16H18ClFN2O3. The van der Waals surface area contributed by atoms with Gasteiger partial charge in [-0.05, 0) is 31.0 Å². The molecule has 2 heterocycles. The van der Waals surface area contributed by atoms with Crippen LogP contribution in [0, 0.1) is 5.82 Å². The van der Waals surface area contributed by atoms with Crippen LogP contribution in [0.2, 0.25) is 5.02 Å². The van der Waals surface area contributed by atoms with Gasteiger partial charge in [0.15, 0.2) is 0 Å². The minimum Gasteiger partial charge on any atom is -0.368 e.